The predicted molar refractivity (Wildman–Crippen MR) is 113 cm³/mol. The standard InChI is InChI=1S/C21H30AsN3O3/c1-15(2)13-25-19-10-12-23(21(27)28)11-9-17(19)14-24(25)18-7-5-16(6-8-18)20(26)22(3)4/h5-8,15H,9-14H2,1-4H3,(H,27,28). The number of rotatable bonds is 5. The number of carbonyl (C=O) groups is 2. The molecule has 6 nitrogen and oxygen atoms in total. The molecule has 1 amide bonds. The summed E-state index contributed by atoms with van der Waals surface area (Å²) in [5.41, 5.74) is 8.64. The summed E-state index contributed by atoms with van der Waals surface area (Å²) in [5.74, 6) is 0.487. The Bertz CT molecular complexity index is 774. The van der Waals surface area contributed by atoms with Gasteiger partial charge in [0, 0.05) is 0 Å². The Morgan fingerprint density at radius 3 is 2.32 bits per heavy atom. The van der Waals surface area contributed by atoms with Gasteiger partial charge in [0.2, 0.25) is 0 Å². The van der Waals surface area contributed by atoms with Gasteiger partial charge in [0.05, 0.1) is 0 Å². The Labute approximate surface area is 172 Å². The molecule has 28 heavy (non-hydrogen) atoms. The average Bonchev–Trinajstić information content (AvgIpc) is 2.84. The second-order valence-corrected chi connectivity index (χ2v) is 12.7. The van der Waals surface area contributed by atoms with E-state index in [2.05, 4.69) is 35.3 Å². The molecule has 0 aromatic heterocycles. The van der Waals surface area contributed by atoms with E-state index in [1.165, 1.54) is 16.2 Å². The maximum absolute atomic E-state index is 12.3. The van der Waals surface area contributed by atoms with Crippen molar-refractivity contribution in [3.63, 3.8) is 0 Å². The van der Waals surface area contributed by atoms with Crippen LogP contribution in [0.1, 0.15) is 37.0 Å². The first-order valence-electron chi connectivity index (χ1n) is 9.83. The molecule has 2 aliphatic rings. The van der Waals surface area contributed by atoms with Crippen LogP contribution in [0.4, 0.5) is 10.5 Å². The number of benzene rings is 1. The normalized spacial score (nSPS) is 17.4. The van der Waals surface area contributed by atoms with Gasteiger partial charge in [0.15, 0.2) is 0 Å². The van der Waals surface area contributed by atoms with Gasteiger partial charge >= 0.3 is 162 Å². The first-order valence-corrected chi connectivity index (χ1v) is 14.5. The fourth-order valence-electron chi connectivity index (χ4n) is 3.85. The summed E-state index contributed by atoms with van der Waals surface area (Å²) in [6.07, 6.45) is 0.700. The number of carboxylic acid groups (broad SMARTS) is 1. The third-order valence-corrected chi connectivity index (χ3v) is 7.53. The molecule has 2 aliphatic heterocycles. The fourth-order valence-corrected chi connectivity index (χ4v) is 5.24. The number of anilines is 1. The minimum absolute atomic E-state index is 0.308. The number of nitrogens with zero attached hydrogens (tertiary/aromatic N) is 3. The van der Waals surface area contributed by atoms with Gasteiger partial charge in [0.1, 0.15) is 0 Å². The van der Waals surface area contributed by atoms with Crippen LogP contribution < -0.4 is 5.01 Å². The van der Waals surface area contributed by atoms with Gasteiger partial charge in [-0.2, -0.15) is 0 Å². The van der Waals surface area contributed by atoms with Crippen molar-refractivity contribution in [1.82, 2.24) is 9.91 Å². The Morgan fingerprint density at radius 2 is 1.75 bits per heavy atom. The Hall–Kier alpha value is -1.94. The minimum atomic E-state index is -1.40. The first kappa shape index (κ1) is 20.8. The molecular weight excluding hydrogens is 417 g/mol. The Balaban J connectivity index is 1.82. The van der Waals surface area contributed by atoms with Gasteiger partial charge in [-0.1, -0.05) is 0 Å². The molecule has 7 heteroatoms. The third-order valence-electron chi connectivity index (χ3n) is 5.28. The second kappa shape index (κ2) is 8.60. The topological polar surface area (TPSA) is 64.1 Å². The molecule has 1 aromatic carbocycles. The monoisotopic (exact) mass is 447 g/mol. The molecule has 0 saturated carbocycles. The zero-order chi connectivity index (χ0) is 20.4. The number of hydrogen-bond donors (Lipinski definition) is 1. The van der Waals surface area contributed by atoms with Crippen LogP contribution in [0.25, 0.3) is 0 Å². The van der Waals surface area contributed by atoms with Crippen molar-refractivity contribution in [3.05, 3.63) is 41.1 Å². The van der Waals surface area contributed by atoms with Crippen molar-refractivity contribution in [2.24, 2.45) is 5.92 Å². The average molecular weight is 447 g/mol. The molecular formula is C21H30AsN3O3. The molecule has 0 atom stereocenters. The van der Waals surface area contributed by atoms with Crippen molar-refractivity contribution in [3.8, 4) is 0 Å². The van der Waals surface area contributed by atoms with Gasteiger partial charge in [-0.25, -0.2) is 4.79 Å². The zero-order valence-electron chi connectivity index (χ0n) is 17.2. The van der Waals surface area contributed by atoms with E-state index in [1.54, 1.807) is 0 Å². The fraction of sp³-hybridized carbons (Fsp3) is 0.524. The molecule has 152 valence electrons. The van der Waals surface area contributed by atoms with Crippen LogP contribution in [0.15, 0.2) is 35.5 Å². The van der Waals surface area contributed by atoms with Crippen LogP contribution in [0.2, 0.25) is 11.4 Å². The van der Waals surface area contributed by atoms with Crippen LogP contribution >= 0.6 is 0 Å². The van der Waals surface area contributed by atoms with Gasteiger partial charge in [-0.15, -0.1) is 0 Å². The SMILES string of the molecule is CC(C)CN1C2=C(CCN(C(=O)O)CC2)CN1c1ccc(C(=O)[As](C)C)cc1. The summed E-state index contributed by atoms with van der Waals surface area (Å²) in [6, 6.07) is 8.01. The van der Waals surface area contributed by atoms with Crippen LogP contribution in [-0.2, 0) is 0 Å². The van der Waals surface area contributed by atoms with Crippen molar-refractivity contribution < 1.29 is 14.7 Å². The van der Waals surface area contributed by atoms with E-state index in [1.807, 2.05) is 24.3 Å². The van der Waals surface area contributed by atoms with E-state index in [-0.39, 0.29) is 0 Å². The van der Waals surface area contributed by atoms with E-state index < -0.39 is 20.7 Å². The molecule has 0 fully saturated rings. The van der Waals surface area contributed by atoms with E-state index in [0.717, 1.165) is 37.2 Å². The summed E-state index contributed by atoms with van der Waals surface area (Å²) in [5, 5.41) is 14.0. The first-order chi connectivity index (χ1) is 13.3. The number of hydrazine groups is 1. The van der Waals surface area contributed by atoms with Gasteiger partial charge < -0.3 is 5.11 Å². The van der Waals surface area contributed by atoms with Crippen molar-refractivity contribution in [2.75, 3.05) is 31.2 Å². The molecule has 1 N–H and O–H groups in total. The van der Waals surface area contributed by atoms with Crippen LogP contribution in [-0.4, -0.2) is 66.5 Å². The molecule has 0 aliphatic carbocycles. The van der Waals surface area contributed by atoms with E-state index in [9.17, 15) is 14.7 Å². The molecule has 0 radical (unpaired) electrons. The molecule has 0 unspecified atom stereocenters. The molecule has 3 rings (SSSR count). The maximum atomic E-state index is 12.3. The van der Waals surface area contributed by atoms with E-state index >= 15 is 0 Å². The van der Waals surface area contributed by atoms with Crippen molar-refractivity contribution >= 4 is 31.0 Å². The summed E-state index contributed by atoms with van der Waals surface area (Å²) < 4.78 is 0.308. The zero-order valence-corrected chi connectivity index (χ0v) is 19.1. The summed E-state index contributed by atoms with van der Waals surface area (Å²) in [7, 11) is 0. The van der Waals surface area contributed by atoms with Gasteiger partial charge in [-0.3, -0.25) is 0 Å². The summed E-state index contributed by atoms with van der Waals surface area (Å²) in [6.45, 7) is 7.19. The van der Waals surface area contributed by atoms with Crippen LogP contribution in [0.3, 0.4) is 0 Å². The van der Waals surface area contributed by atoms with Crippen LogP contribution in [0.5, 0.6) is 0 Å². The molecule has 1 aromatic rings. The number of amides is 1. The quantitative estimate of drug-likeness (QED) is 0.694. The second-order valence-electron chi connectivity index (χ2n) is 8.10. The Morgan fingerprint density at radius 1 is 1.11 bits per heavy atom. The van der Waals surface area contributed by atoms with Gasteiger partial charge in [-0.05, 0) is 0 Å². The summed E-state index contributed by atoms with van der Waals surface area (Å²) in [4.78, 5) is 25.2. The third kappa shape index (κ3) is 4.38. The Kier molecular flexibility index (Phi) is 6.39. The molecule has 0 bridgehead atoms. The molecule has 0 spiro atoms. The summed E-state index contributed by atoms with van der Waals surface area (Å²) >= 11 is -1.40. The van der Waals surface area contributed by atoms with E-state index in [4.69, 9.17) is 0 Å². The van der Waals surface area contributed by atoms with Crippen molar-refractivity contribution in [1.29, 1.82) is 0 Å². The van der Waals surface area contributed by atoms with Gasteiger partial charge in [0.25, 0.3) is 0 Å². The predicted octanol–water partition coefficient (Wildman–Crippen LogP) is 3.88. The molecule has 0 saturated heterocycles. The van der Waals surface area contributed by atoms with E-state index in [0.29, 0.717) is 23.6 Å². The molecule has 2 heterocycles. The number of hydrogen-bond acceptors (Lipinski definition) is 4. The number of carbonyl (C=O) groups excluding carboxylic acids is 1. The van der Waals surface area contributed by atoms with Crippen LogP contribution in [0, 0.1) is 5.92 Å². The van der Waals surface area contributed by atoms with Crippen molar-refractivity contribution in [2.45, 2.75) is 38.1 Å².